The third-order valence-corrected chi connectivity index (χ3v) is 7.55. The summed E-state index contributed by atoms with van der Waals surface area (Å²) in [5.74, 6) is -0.661. The van der Waals surface area contributed by atoms with Gasteiger partial charge in [0.2, 0.25) is 10.0 Å². The van der Waals surface area contributed by atoms with Crippen LogP contribution in [0.15, 0.2) is 109 Å². The fraction of sp³-hybridized carbons (Fsp3) is 0.235. The molecule has 0 saturated carbocycles. The lowest BCUT2D eigenvalue weighted by Crippen LogP contribution is -2.34. The molecule has 0 unspecified atom stereocenters. The normalized spacial score (nSPS) is 11.2. The molecule has 2 N–H and O–H groups in total. The number of nitrogens with one attached hydrogen (secondary N) is 1. The maximum absolute atomic E-state index is 13.9. The molecule has 4 rings (SSSR count). The lowest BCUT2D eigenvalue weighted by Gasteiger charge is -2.26. The Kier molecular flexibility index (Phi) is 10.9. The van der Waals surface area contributed by atoms with Crippen LogP contribution >= 0.6 is 0 Å². The number of ether oxygens (including phenoxy) is 1. The highest BCUT2D eigenvalue weighted by Crippen LogP contribution is 2.28. The van der Waals surface area contributed by atoms with Gasteiger partial charge in [-0.25, -0.2) is 13.2 Å². The first-order valence-corrected chi connectivity index (χ1v) is 16.0. The van der Waals surface area contributed by atoms with Gasteiger partial charge in [0.1, 0.15) is 5.75 Å². The molecule has 0 aliphatic rings. The number of carbonyl (C=O) groups excluding carboxylic acids is 1. The van der Waals surface area contributed by atoms with E-state index in [0.29, 0.717) is 49.4 Å². The van der Waals surface area contributed by atoms with Gasteiger partial charge in [0.05, 0.1) is 6.26 Å². The summed E-state index contributed by atoms with van der Waals surface area (Å²) in [6.45, 7) is 0.543. The molecule has 0 aliphatic carbocycles. The van der Waals surface area contributed by atoms with Crippen molar-refractivity contribution in [2.75, 3.05) is 30.7 Å². The fourth-order valence-corrected chi connectivity index (χ4v) is 5.57. The minimum absolute atomic E-state index is 0.0824. The van der Waals surface area contributed by atoms with Gasteiger partial charge in [0.15, 0.2) is 6.61 Å². The molecule has 0 aromatic heterocycles. The number of carbonyl (C=O) groups is 2. The Morgan fingerprint density at radius 1 is 0.837 bits per heavy atom. The number of benzene rings is 4. The average Bonchev–Trinajstić information content (AvgIpc) is 2.99. The van der Waals surface area contributed by atoms with Gasteiger partial charge in [-0.1, -0.05) is 78.9 Å². The van der Waals surface area contributed by atoms with E-state index in [0.717, 1.165) is 11.8 Å². The number of carboxylic acid groups (broad SMARTS) is 1. The van der Waals surface area contributed by atoms with Crippen molar-refractivity contribution in [3.63, 3.8) is 0 Å². The molecular weight excluding hydrogens is 564 g/mol. The number of aliphatic carboxylic acids is 1. The highest BCUT2D eigenvalue weighted by Gasteiger charge is 2.21. The molecule has 4 aromatic carbocycles. The minimum atomic E-state index is -3.50. The molecule has 0 heterocycles. The van der Waals surface area contributed by atoms with Crippen LogP contribution in [-0.4, -0.2) is 56.3 Å². The lowest BCUT2D eigenvalue weighted by atomic mass is 9.88. The summed E-state index contributed by atoms with van der Waals surface area (Å²) < 4.78 is 31.3. The van der Waals surface area contributed by atoms with Crippen molar-refractivity contribution in [2.45, 2.75) is 25.2 Å². The lowest BCUT2D eigenvalue weighted by molar-refractivity contribution is -0.139. The Morgan fingerprint density at radius 3 is 2.12 bits per heavy atom. The third kappa shape index (κ3) is 10.0. The molecule has 224 valence electrons. The van der Waals surface area contributed by atoms with E-state index in [-0.39, 0.29) is 11.8 Å². The Labute approximate surface area is 253 Å². The maximum atomic E-state index is 13.9. The SMILES string of the molecule is CS(=O)(=O)Nc1cccc(C(=O)N(CCCc2cccc(OCC(=O)O)c2)CCC(c2ccccc2)c2ccccc2)c1. The molecule has 43 heavy (non-hydrogen) atoms. The van der Waals surface area contributed by atoms with Crippen molar-refractivity contribution in [3.05, 3.63) is 131 Å². The fourth-order valence-electron chi connectivity index (χ4n) is 5.02. The van der Waals surface area contributed by atoms with Crippen molar-refractivity contribution in [2.24, 2.45) is 0 Å². The van der Waals surface area contributed by atoms with E-state index in [1.165, 1.54) is 11.1 Å². The van der Waals surface area contributed by atoms with Crippen LogP contribution in [0.5, 0.6) is 5.75 Å². The van der Waals surface area contributed by atoms with Crippen molar-refractivity contribution in [3.8, 4) is 5.75 Å². The molecule has 0 spiro atoms. The van der Waals surface area contributed by atoms with Crippen molar-refractivity contribution in [1.29, 1.82) is 0 Å². The first-order chi connectivity index (χ1) is 20.7. The Balaban J connectivity index is 1.54. The van der Waals surface area contributed by atoms with E-state index in [1.807, 2.05) is 59.5 Å². The number of amides is 1. The van der Waals surface area contributed by atoms with Crippen LogP contribution in [0.2, 0.25) is 0 Å². The van der Waals surface area contributed by atoms with Crippen molar-refractivity contribution < 1.29 is 27.9 Å². The summed E-state index contributed by atoms with van der Waals surface area (Å²) in [6.07, 6.45) is 3.09. The van der Waals surface area contributed by atoms with Gasteiger partial charge in [-0.3, -0.25) is 9.52 Å². The Morgan fingerprint density at radius 2 is 1.49 bits per heavy atom. The van der Waals surface area contributed by atoms with E-state index >= 15 is 0 Å². The summed E-state index contributed by atoms with van der Waals surface area (Å²) in [4.78, 5) is 26.6. The summed E-state index contributed by atoms with van der Waals surface area (Å²) in [6, 6.07) is 34.3. The van der Waals surface area contributed by atoms with E-state index in [9.17, 15) is 18.0 Å². The molecule has 0 radical (unpaired) electrons. The zero-order valence-electron chi connectivity index (χ0n) is 24.1. The molecule has 9 heteroatoms. The van der Waals surface area contributed by atoms with E-state index in [2.05, 4.69) is 29.0 Å². The smallest absolute Gasteiger partial charge is 0.341 e. The monoisotopic (exact) mass is 600 g/mol. The predicted molar refractivity (Wildman–Crippen MR) is 168 cm³/mol. The maximum Gasteiger partial charge on any atom is 0.341 e. The van der Waals surface area contributed by atoms with Crippen LogP contribution in [0.1, 0.15) is 45.8 Å². The van der Waals surface area contributed by atoms with Gasteiger partial charge in [-0.15, -0.1) is 0 Å². The largest absolute Gasteiger partial charge is 0.482 e. The zero-order valence-corrected chi connectivity index (χ0v) is 24.9. The van der Waals surface area contributed by atoms with Gasteiger partial charge < -0.3 is 14.7 Å². The molecule has 0 fully saturated rings. The third-order valence-electron chi connectivity index (χ3n) is 6.95. The predicted octanol–water partition coefficient (Wildman–Crippen LogP) is 5.82. The summed E-state index contributed by atoms with van der Waals surface area (Å²) in [5, 5.41) is 8.90. The van der Waals surface area contributed by atoms with Crippen molar-refractivity contribution >= 4 is 27.6 Å². The first-order valence-electron chi connectivity index (χ1n) is 14.1. The second-order valence-electron chi connectivity index (χ2n) is 10.3. The van der Waals surface area contributed by atoms with Crippen LogP contribution in [0, 0.1) is 0 Å². The van der Waals surface area contributed by atoms with Gasteiger partial charge >= 0.3 is 5.97 Å². The van der Waals surface area contributed by atoms with Gasteiger partial charge in [-0.05, 0) is 66.3 Å². The number of rotatable bonds is 15. The summed E-state index contributed by atoms with van der Waals surface area (Å²) in [5.41, 5.74) is 4.03. The number of aryl methyl sites for hydroxylation is 1. The molecule has 0 atom stereocenters. The quantitative estimate of drug-likeness (QED) is 0.178. The number of hydrogen-bond donors (Lipinski definition) is 2. The average molecular weight is 601 g/mol. The summed E-state index contributed by atoms with van der Waals surface area (Å²) >= 11 is 0. The molecule has 0 bridgehead atoms. The molecule has 0 saturated heterocycles. The zero-order chi connectivity index (χ0) is 30.7. The molecule has 8 nitrogen and oxygen atoms in total. The number of hydrogen-bond acceptors (Lipinski definition) is 5. The molecule has 0 aliphatic heterocycles. The standard InChI is InChI=1S/C34H36N2O6S/c1-43(40,41)35-30-18-9-17-29(24-30)34(39)36(21-10-12-26-11-8-19-31(23-26)42-25-33(37)38)22-20-32(27-13-4-2-5-14-27)28-15-6-3-7-16-28/h2-9,11,13-19,23-24,32,35H,10,12,20-22,25H2,1H3,(H,37,38). The second kappa shape index (κ2) is 15.0. The second-order valence-corrected chi connectivity index (χ2v) is 12.1. The van der Waals surface area contributed by atoms with Crippen LogP contribution < -0.4 is 9.46 Å². The van der Waals surface area contributed by atoms with Gasteiger partial charge in [0.25, 0.3) is 5.91 Å². The number of sulfonamides is 1. The Bertz CT molecular complexity index is 1570. The molecule has 4 aromatic rings. The van der Waals surface area contributed by atoms with Crippen LogP contribution in [-0.2, 0) is 21.2 Å². The van der Waals surface area contributed by atoms with Crippen LogP contribution in [0.3, 0.4) is 0 Å². The Hall–Kier alpha value is -4.63. The highest BCUT2D eigenvalue weighted by atomic mass is 32.2. The van der Waals surface area contributed by atoms with E-state index in [1.54, 1.807) is 30.3 Å². The number of nitrogens with zero attached hydrogens (tertiary/aromatic N) is 1. The van der Waals surface area contributed by atoms with Crippen LogP contribution in [0.25, 0.3) is 0 Å². The minimum Gasteiger partial charge on any atom is -0.482 e. The number of anilines is 1. The first kappa shape index (κ1) is 31.3. The summed E-state index contributed by atoms with van der Waals surface area (Å²) in [7, 11) is -3.50. The van der Waals surface area contributed by atoms with E-state index in [4.69, 9.17) is 9.84 Å². The highest BCUT2D eigenvalue weighted by molar-refractivity contribution is 7.92. The molecular formula is C34H36N2O6S. The van der Waals surface area contributed by atoms with E-state index < -0.39 is 22.6 Å². The molecule has 1 amide bonds. The topological polar surface area (TPSA) is 113 Å². The van der Waals surface area contributed by atoms with Crippen molar-refractivity contribution in [1.82, 2.24) is 4.90 Å². The van der Waals surface area contributed by atoms with Gasteiger partial charge in [0, 0.05) is 30.3 Å². The number of carboxylic acids is 1. The van der Waals surface area contributed by atoms with Crippen LogP contribution in [0.4, 0.5) is 5.69 Å². The van der Waals surface area contributed by atoms with Gasteiger partial charge in [-0.2, -0.15) is 0 Å².